The second-order valence-electron chi connectivity index (χ2n) is 4.65. The number of nitrogens with one attached hydrogen (secondary N) is 1. The Labute approximate surface area is 138 Å². The number of hydrogen-bond acceptors (Lipinski definition) is 6. The highest BCUT2D eigenvalue weighted by Gasteiger charge is 2.14. The van der Waals surface area contributed by atoms with E-state index in [4.69, 9.17) is 15.1 Å². The average molecular weight is 347 g/mol. The summed E-state index contributed by atoms with van der Waals surface area (Å²) in [5, 5.41) is 17.2. The van der Waals surface area contributed by atoms with Crippen LogP contribution < -0.4 is 9.46 Å². The molecule has 124 valence electrons. The Bertz CT molecular complexity index is 873. The molecule has 1 aromatic carbocycles. The molecular formula is C15H13N3O5S. The van der Waals surface area contributed by atoms with Crippen molar-refractivity contribution in [1.29, 1.82) is 5.26 Å². The third-order valence-corrected chi connectivity index (χ3v) is 4.27. The summed E-state index contributed by atoms with van der Waals surface area (Å²) < 4.78 is 31.8. The Morgan fingerprint density at radius 2 is 2.12 bits per heavy atom. The standard InChI is InChI=1S/C15H13N3O5S/c16-7-12-4-5-14(9-17-12)24(21,22)18-8-11-2-1-3-13(6-11)23-10-15(19)20/h1-6,9,18H,8,10H2,(H,19,20). The Hall–Kier alpha value is -2.96. The number of sulfonamides is 1. The maximum atomic E-state index is 12.2. The molecule has 2 N–H and O–H groups in total. The van der Waals surface area contributed by atoms with Crippen LogP contribution in [0.2, 0.25) is 0 Å². The monoisotopic (exact) mass is 347 g/mol. The normalized spacial score (nSPS) is 10.8. The molecule has 0 aliphatic rings. The number of benzene rings is 1. The van der Waals surface area contributed by atoms with E-state index in [1.807, 2.05) is 6.07 Å². The number of nitriles is 1. The molecule has 24 heavy (non-hydrogen) atoms. The SMILES string of the molecule is N#Cc1ccc(S(=O)(=O)NCc2cccc(OCC(=O)O)c2)cn1. The molecule has 8 nitrogen and oxygen atoms in total. The topological polar surface area (TPSA) is 129 Å². The predicted octanol–water partition coefficient (Wildman–Crippen LogP) is 0.895. The van der Waals surface area contributed by atoms with Gasteiger partial charge in [-0.3, -0.25) is 0 Å². The van der Waals surface area contributed by atoms with Crippen LogP contribution >= 0.6 is 0 Å². The second-order valence-corrected chi connectivity index (χ2v) is 6.41. The Morgan fingerprint density at radius 3 is 2.75 bits per heavy atom. The molecule has 0 amide bonds. The summed E-state index contributed by atoms with van der Waals surface area (Å²) in [7, 11) is -3.78. The van der Waals surface area contributed by atoms with Gasteiger partial charge >= 0.3 is 5.97 Å². The highest BCUT2D eigenvalue weighted by molar-refractivity contribution is 7.89. The Balaban J connectivity index is 2.05. The van der Waals surface area contributed by atoms with Gasteiger partial charge in [-0.05, 0) is 29.8 Å². The van der Waals surface area contributed by atoms with Gasteiger partial charge in [-0.1, -0.05) is 12.1 Å². The zero-order valence-electron chi connectivity index (χ0n) is 12.3. The van der Waals surface area contributed by atoms with Crippen LogP contribution in [0.3, 0.4) is 0 Å². The molecule has 0 radical (unpaired) electrons. The van der Waals surface area contributed by atoms with E-state index < -0.39 is 22.6 Å². The molecule has 0 unspecified atom stereocenters. The molecule has 0 saturated heterocycles. The first-order valence-corrected chi connectivity index (χ1v) is 8.18. The van der Waals surface area contributed by atoms with E-state index in [0.29, 0.717) is 11.3 Å². The molecule has 2 rings (SSSR count). The lowest BCUT2D eigenvalue weighted by atomic mass is 10.2. The van der Waals surface area contributed by atoms with Gasteiger partial charge in [0.15, 0.2) is 6.61 Å². The maximum absolute atomic E-state index is 12.2. The zero-order chi connectivity index (χ0) is 17.6. The lowest BCUT2D eigenvalue weighted by molar-refractivity contribution is -0.139. The van der Waals surface area contributed by atoms with E-state index >= 15 is 0 Å². The minimum atomic E-state index is -3.78. The number of aliphatic carboxylic acids is 1. The van der Waals surface area contributed by atoms with Crippen molar-refractivity contribution in [3.63, 3.8) is 0 Å². The van der Waals surface area contributed by atoms with Crippen molar-refractivity contribution >= 4 is 16.0 Å². The first-order valence-electron chi connectivity index (χ1n) is 6.70. The van der Waals surface area contributed by atoms with Crippen molar-refractivity contribution in [2.45, 2.75) is 11.4 Å². The van der Waals surface area contributed by atoms with E-state index in [1.165, 1.54) is 12.1 Å². The van der Waals surface area contributed by atoms with Gasteiger partial charge in [-0.2, -0.15) is 5.26 Å². The van der Waals surface area contributed by atoms with Gasteiger partial charge in [0, 0.05) is 12.7 Å². The molecule has 0 aliphatic carbocycles. The Kier molecular flexibility index (Phi) is 5.47. The van der Waals surface area contributed by atoms with Gasteiger partial charge in [0.2, 0.25) is 10.0 Å². The number of hydrogen-bond donors (Lipinski definition) is 2. The summed E-state index contributed by atoms with van der Waals surface area (Å²) in [5.41, 5.74) is 0.722. The van der Waals surface area contributed by atoms with Crippen LogP contribution in [0.1, 0.15) is 11.3 Å². The number of pyridine rings is 1. The predicted molar refractivity (Wildman–Crippen MR) is 82.6 cm³/mol. The second kappa shape index (κ2) is 7.54. The van der Waals surface area contributed by atoms with E-state index in [9.17, 15) is 13.2 Å². The zero-order valence-corrected chi connectivity index (χ0v) is 13.2. The van der Waals surface area contributed by atoms with E-state index in [2.05, 4.69) is 9.71 Å². The van der Waals surface area contributed by atoms with E-state index in [-0.39, 0.29) is 17.1 Å². The Morgan fingerprint density at radius 1 is 1.33 bits per heavy atom. The first-order chi connectivity index (χ1) is 11.4. The number of ether oxygens (including phenoxy) is 1. The summed E-state index contributed by atoms with van der Waals surface area (Å²) >= 11 is 0. The van der Waals surface area contributed by atoms with Gasteiger partial charge in [-0.15, -0.1) is 0 Å². The summed E-state index contributed by atoms with van der Waals surface area (Å²) in [4.78, 5) is 14.1. The summed E-state index contributed by atoms with van der Waals surface area (Å²) in [5.74, 6) is -0.774. The van der Waals surface area contributed by atoms with Crippen molar-refractivity contribution in [2.75, 3.05) is 6.61 Å². The minimum Gasteiger partial charge on any atom is -0.482 e. The summed E-state index contributed by atoms with van der Waals surface area (Å²) in [6.07, 6.45) is 1.10. The number of aromatic nitrogens is 1. The molecule has 0 bridgehead atoms. The minimum absolute atomic E-state index is 0.00734. The lowest BCUT2D eigenvalue weighted by Gasteiger charge is -2.08. The number of carbonyl (C=O) groups is 1. The fourth-order valence-corrected chi connectivity index (χ4v) is 2.72. The van der Waals surface area contributed by atoms with Crippen molar-refractivity contribution in [1.82, 2.24) is 9.71 Å². The molecular weight excluding hydrogens is 334 g/mol. The van der Waals surface area contributed by atoms with Crippen LogP contribution in [0.25, 0.3) is 0 Å². The van der Waals surface area contributed by atoms with Gasteiger partial charge in [0.1, 0.15) is 22.4 Å². The summed E-state index contributed by atoms with van der Waals surface area (Å²) in [6, 6.07) is 10.8. The van der Waals surface area contributed by atoms with Crippen molar-refractivity contribution in [3.05, 3.63) is 53.9 Å². The molecule has 9 heteroatoms. The molecule has 1 aromatic heterocycles. The van der Waals surface area contributed by atoms with E-state index in [0.717, 1.165) is 6.20 Å². The van der Waals surface area contributed by atoms with E-state index in [1.54, 1.807) is 24.3 Å². The van der Waals surface area contributed by atoms with Gasteiger partial charge < -0.3 is 9.84 Å². The molecule has 1 heterocycles. The van der Waals surface area contributed by atoms with Gasteiger partial charge in [0.05, 0.1) is 0 Å². The fourth-order valence-electron chi connectivity index (χ4n) is 1.76. The average Bonchev–Trinajstić information content (AvgIpc) is 2.59. The van der Waals surface area contributed by atoms with Crippen LogP contribution in [0.4, 0.5) is 0 Å². The maximum Gasteiger partial charge on any atom is 0.341 e. The number of carboxylic acids is 1. The lowest BCUT2D eigenvalue weighted by Crippen LogP contribution is -2.23. The number of carboxylic acid groups (broad SMARTS) is 1. The van der Waals surface area contributed by atoms with Crippen LogP contribution in [0.15, 0.2) is 47.5 Å². The molecule has 0 saturated carbocycles. The fraction of sp³-hybridized carbons (Fsp3) is 0.133. The largest absolute Gasteiger partial charge is 0.482 e. The van der Waals surface area contributed by atoms with Crippen LogP contribution in [0, 0.1) is 11.3 Å². The highest BCUT2D eigenvalue weighted by Crippen LogP contribution is 2.14. The molecule has 0 atom stereocenters. The van der Waals surface area contributed by atoms with Gasteiger partial charge in [0.25, 0.3) is 0 Å². The van der Waals surface area contributed by atoms with Crippen molar-refractivity contribution in [2.24, 2.45) is 0 Å². The molecule has 0 aliphatic heterocycles. The third kappa shape index (κ3) is 4.77. The number of nitrogens with zero attached hydrogens (tertiary/aromatic N) is 2. The summed E-state index contributed by atoms with van der Waals surface area (Å²) in [6.45, 7) is -0.487. The first kappa shape index (κ1) is 17.4. The molecule has 2 aromatic rings. The van der Waals surface area contributed by atoms with Gasteiger partial charge in [-0.25, -0.2) is 22.9 Å². The molecule has 0 spiro atoms. The van der Waals surface area contributed by atoms with Crippen LogP contribution in [-0.2, 0) is 21.4 Å². The van der Waals surface area contributed by atoms with Crippen LogP contribution in [-0.4, -0.2) is 31.1 Å². The molecule has 0 fully saturated rings. The van der Waals surface area contributed by atoms with Crippen molar-refractivity contribution in [3.8, 4) is 11.8 Å². The third-order valence-electron chi connectivity index (χ3n) is 2.89. The number of rotatable bonds is 7. The van der Waals surface area contributed by atoms with Crippen LogP contribution in [0.5, 0.6) is 5.75 Å². The quantitative estimate of drug-likeness (QED) is 0.761. The smallest absolute Gasteiger partial charge is 0.341 e. The highest BCUT2D eigenvalue weighted by atomic mass is 32.2. The van der Waals surface area contributed by atoms with Crippen molar-refractivity contribution < 1.29 is 23.1 Å².